The maximum atomic E-state index is 12.5. The number of likely N-dealkylation sites (tertiary alicyclic amines) is 1. The Morgan fingerprint density at radius 2 is 1.71 bits per heavy atom. The number of amides is 1. The second kappa shape index (κ2) is 7.85. The summed E-state index contributed by atoms with van der Waals surface area (Å²) in [6.45, 7) is 9.64. The molecule has 24 heavy (non-hydrogen) atoms. The Kier molecular flexibility index (Phi) is 6.63. The van der Waals surface area contributed by atoms with Crippen LogP contribution < -0.4 is 0 Å². The highest BCUT2D eigenvalue weighted by Crippen LogP contribution is 2.38. The van der Waals surface area contributed by atoms with Gasteiger partial charge in [-0.25, -0.2) is 9.59 Å². The largest absolute Gasteiger partial charge is 0.469 e. The smallest absolute Gasteiger partial charge is 0.411 e. The molecule has 3 atom stereocenters. The lowest BCUT2D eigenvalue weighted by Gasteiger charge is -2.28. The monoisotopic (exact) mass is 343 g/mol. The van der Waals surface area contributed by atoms with Gasteiger partial charge in [-0.3, -0.25) is 9.69 Å². The Morgan fingerprint density at radius 3 is 2.12 bits per heavy atom. The molecule has 1 aliphatic heterocycles. The van der Waals surface area contributed by atoms with Crippen LogP contribution in [-0.4, -0.2) is 55.3 Å². The van der Waals surface area contributed by atoms with Crippen LogP contribution >= 0.6 is 0 Å². The third-order valence-corrected chi connectivity index (χ3v) is 4.26. The highest BCUT2D eigenvalue weighted by atomic mass is 16.6. The van der Waals surface area contributed by atoms with Gasteiger partial charge in [-0.05, 0) is 32.6 Å². The van der Waals surface area contributed by atoms with E-state index in [4.69, 9.17) is 14.2 Å². The summed E-state index contributed by atoms with van der Waals surface area (Å²) in [7, 11) is 2.58. The number of esters is 2. The van der Waals surface area contributed by atoms with Crippen molar-refractivity contribution in [3.63, 3.8) is 0 Å². The summed E-state index contributed by atoms with van der Waals surface area (Å²) in [5.74, 6) is -1.17. The Labute approximate surface area is 143 Å². The molecule has 0 saturated carbocycles. The zero-order chi connectivity index (χ0) is 18.7. The van der Waals surface area contributed by atoms with Gasteiger partial charge in [0.15, 0.2) is 0 Å². The lowest BCUT2D eigenvalue weighted by Crippen LogP contribution is -2.46. The van der Waals surface area contributed by atoms with Crippen LogP contribution in [0.5, 0.6) is 0 Å². The van der Waals surface area contributed by atoms with E-state index in [1.54, 1.807) is 20.8 Å². The molecule has 0 N–H and O–H groups in total. The van der Waals surface area contributed by atoms with Crippen LogP contribution in [0.3, 0.4) is 0 Å². The molecule has 1 aliphatic rings. The van der Waals surface area contributed by atoms with Crippen LogP contribution in [0.4, 0.5) is 4.79 Å². The molecule has 0 radical (unpaired) electrons. The third kappa shape index (κ3) is 4.85. The Hall–Kier alpha value is -1.79. The van der Waals surface area contributed by atoms with Gasteiger partial charge in [0.2, 0.25) is 0 Å². The highest BCUT2D eigenvalue weighted by molar-refractivity contribution is 5.83. The molecule has 7 heteroatoms. The molecular weight excluding hydrogens is 314 g/mol. The minimum atomic E-state index is -0.851. The van der Waals surface area contributed by atoms with Gasteiger partial charge < -0.3 is 14.2 Å². The van der Waals surface area contributed by atoms with E-state index in [0.717, 1.165) is 0 Å². The first-order chi connectivity index (χ1) is 11.0. The number of carbonyl (C=O) groups is 3. The summed E-state index contributed by atoms with van der Waals surface area (Å²) in [5, 5.41) is 0. The summed E-state index contributed by atoms with van der Waals surface area (Å²) in [4.78, 5) is 38.0. The molecule has 0 aromatic rings. The molecule has 0 aliphatic carbocycles. The maximum absolute atomic E-state index is 12.5. The van der Waals surface area contributed by atoms with Crippen molar-refractivity contribution in [2.75, 3.05) is 20.8 Å². The number of ether oxygens (including phenoxy) is 3. The molecule has 0 spiro atoms. The second-order valence-corrected chi connectivity index (χ2v) is 7.45. The Morgan fingerprint density at radius 1 is 1.12 bits per heavy atom. The van der Waals surface area contributed by atoms with Crippen molar-refractivity contribution >= 4 is 18.0 Å². The Balaban J connectivity index is 3.16. The SMILES string of the molecule is COC(=O)C[C@@H]1[C@@H](C(=O)OC)N(C(=O)OC(C)(C)C)C[C@H]1C(C)C. The second-order valence-electron chi connectivity index (χ2n) is 7.45. The van der Waals surface area contributed by atoms with E-state index < -0.39 is 29.7 Å². The average molecular weight is 343 g/mol. The van der Waals surface area contributed by atoms with E-state index in [1.807, 2.05) is 13.8 Å². The van der Waals surface area contributed by atoms with E-state index in [1.165, 1.54) is 19.1 Å². The third-order valence-electron chi connectivity index (χ3n) is 4.26. The zero-order valence-electron chi connectivity index (χ0n) is 15.6. The molecule has 1 fully saturated rings. The van der Waals surface area contributed by atoms with Crippen molar-refractivity contribution in [2.24, 2.45) is 17.8 Å². The molecule has 1 rings (SSSR count). The van der Waals surface area contributed by atoms with Crippen LogP contribution in [0.1, 0.15) is 41.0 Å². The minimum absolute atomic E-state index is 0.0271. The van der Waals surface area contributed by atoms with Gasteiger partial charge in [0, 0.05) is 12.5 Å². The molecule has 1 saturated heterocycles. The molecular formula is C17H29NO6. The molecule has 0 unspecified atom stereocenters. The van der Waals surface area contributed by atoms with Crippen LogP contribution in [-0.2, 0) is 23.8 Å². The van der Waals surface area contributed by atoms with Gasteiger partial charge >= 0.3 is 18.0 Å². The predicted molar refractivity (Wildman–Crippen MR) is 87.2 cm³/mol. The lowest BCUT2D eigenvalue weighted by molar-refractivity contribution is -0.149. The number of hydrogen-bond acceptors (Lipinski definition) is 6. The standard InChI is InChI=1S/C17H29NO6/c1-10(2)12-9-18(16(21)24-17(3,4)5)14(15(20)23-7)11(12)8-13(19)22-6/h10-12,14H,8-9H2,1-7H3/t11-,12-,14-/m0/s1. The fraction of sp³-hybridized carbons (Fsp3) is 0.824. The first kappa shape index (κ1) is 20.3. The molecule has 7 nitrogen and oxygen atoms in total. The average Bonchev–Trinajstić information content (AvgIpc) is 2.84. The van der Waals surface area contributed by atoms with Crippen molar-refractivity contribution in [2.45, 2.75) is 52.7 Å². The van der Waals surface area contributed by atoms with Gasteiger partial charge in [-0.1, -0.05) is 13.8 Å². The quantitative estimate of drug-likeness (QED) is 0.575. The number of methoxy groups -OCH3 is 2. The van der Waals surface area contributed by atoms with Crippen LogP contribution in [0.2, 0.25) is 0 Å². The first-order valence-electron chi connectivity index (χ1n) is 8.16. The summed E-state index contributed by atoms with van der Waals surface area (Å²) in [6, 6.07) is -0.851. The van der Waals surface area contributed by atoms with E-state index in [0.29, 0.717) is 6.54 Å². The fourth-order valence-electron chi connectivity index (χ4n) is 3.12. The van der Waals surface area contributed by atoms with Crippen molar-refractivity contribution in [3.8, 4) is 0 Å². The van der Waals surface area contributed by atoms with Crippen molar-refractivity contribution in [1.82, 2.24) is 4.90 Å². The molecule has 0 aromatic carbocycles. The molecule has 0 bridgehead atoms. The number of carbonyl (C=O) groups excluding carboxylic acids is 3. The van der Waals surface area contributed by atoms with Crippen LogP contribution in [0, 0.1) is 17.8 Å². The van der Waals surface area contributed by atoms with Crippen LogP contribution in [0.25, 0.3) is 0 Å². The molecule has 0 aromatic heterocycles. The van der Waals surface area contributed by atoms with E-state index in [-0.39, 0.29) is 24.2 Å². The van der Waals surface area contributed by atoms with Gasteiger partial charge in [0.25, 0.3) is 0 Å². The van der Waals surface area contributed by atoms with E-state index in [9.17, 15) is 14.4 Å². The summed E-state index contributed by atoms with van der Waals surface area (Å²) in [6.07, 6.45) is -0.519. The zero-order valence-corrected chi connectivity index (χ0v) is 15.6. The van der Waals surface area contributed by atoms with Gasteiger partial charge in [-0.2, -0.15) is 0 Å². The topological polar surface area (TPSA) is 82.1 Å². The highest BCUT2D eigenvalue weighted by Gasteiger charge is 2.51. The van der Waals surface area contributed by atoms with Crippen molar-refractivity contribution in [3.05, 3.63) is 0 Å². The van der Waals surface area contributed by atoms with E-state index in [2.05, 4.69) is 0 Å². The summed E-state index contributed by atoms with van der Waals surface area (Å²) < 4.78 is 15.0. The van der Waals surface area contributed by atoms with Gasteiger partial charge in [0.1, 0.15) is 11.6 Å². The van der Waals surface area contributed by atoms with Crippen molar-refractivity contribution < 1.29 is 28.6 Å². The molecule has 138 valence electrons. The number of rotatable bonds is 4. The minimum Gasteiger partial charge on any atom is -0.469 e. The maximum Gasteiger partial charge on any atom is 0.411 e. The fourth-order valence-corrected chi connectivity index (χ4v) is 3.12. The normalized spacial score (nSPS) is 24.0. The van der Waals surface area contributed by atoms with Crippen LogP contribution in [0.15, 0.2) is 0 Å². The number of hydrogen-bond donors (Lipinski definition) is 0. The van der Waals surface area contributed by atoms with Crippen molar-refractivity contribution in [1.29, 1.82) is 0 Å². The Bertz CT molecular complexity index is 482. The lowest BCUT2D eigenvalue weighted by atomic mass is 9.81. The first-order valence-corrected chi connectivity index (χ1v) is 8.16. The predicted octanol–water partition coefficient (Wildman–Crippen LogP) is 2.23. The summed E-state index contributed by atoms with van der Waals surface area (Å²) >= 11 is 0. The molecule has 1 heterocycles. The van der Waals surface area contributed by atoms with E-state index >= 15 is 0 Å². The van der Waals surface area contributed by atoms with Gasteiger partial charge in [0.05, 0.1) is 20.6 Å². The molecule has 1 amide bonds. The van der Waals surface area contributed by atoms with Gasteiger partial charge in [-0.15, -0.1) is 0 Å². The summed E-state index contributed by atoms with van der Waals surface area (Å²) in [5.41, 5.74) is -0.675. The number of nitrogens with zero attached hydrogens (tertiary/aromatic N) is 1.